The van der Waals surface area contributed by atoms with Gasteiger partial charge in [0.2, 0.25) is 0 Å². The molecule has 16 heavy (non-hydrogen) atoms. The molecule has 1 aliphatic heterocycles. The van der Waals surface area contributed by atoms with Crippen molar-refractivity contribution in [3.8, 4) is 0 Å². The smallest absolute Gasteiger partial charge is 0.257 e. The maximum absolute atomic E-state index is 13.0. The Labute approximate surface area is 98.2 Å². The number of amides is 1. The highest BCUT2D eigenvalue weighted by molar-refractivity contribution is 6.32. The van der Waals surface area contributed by atoms with Crippen LogP contribution in [0, 0.1) is 5.82 Å². The Kier molecular flexibility index (Phi) is 3.10. The van der Waals surface area contributed by atoms with E-state index in [0.717, 1.165) is 25.1 Å². The van der Waals surface area contributed by atoms with E-state index >= 15 is 0 Å². The van der Waals surface area contributed by atoms with Crippen LogP contribution in [0.15, 0.2) is 12.3 Å². The van der Waals surface area contributed by atoms with E-state index in [4.69, 9.17) is 11.6 Å². The minimum Gasteiger partial charge on any atom is -0.336 e. The molecule has 1 amide bonds. The largest absolute Gasteiger partial charge is 0.336 e. The van der Waals surface area contributed by atoms with Gasteiger partial charge in [0.25, 0.3) is 5.91 Å². The molecule has 2 rings (SSSR count). The van der Waals surface area contributed by atoms with Crippen molar-refractivity contribution >= 4 is 17.5 Å². The van der Waals surface area contributed by atoms with Crippen LogP contribution in [-0.2, 0) is 0 Å². The van der Waals surface area contributed by atoms with E-state index in [0.29, 0.717) is 6.54 Å². The molecule has 1 saturated heterocycles. The van der Waals surface area contributed by atoms with Gasteiger partial charge in [0.15, 0.2) is 0 Å². The molecule has 1 aromatic rings. The molecule has 1 atom stereocenters. The van der Waals surface area contributed by atoms with Crippen molar-refractivity contribution in [3.05, 3.63) is 28.8 Å². The summed E-state index contributed by atoms with van der Waals surface area (Å²) in [6.07, 6.45) is 2.96. The summed E-state index contributed by atoms with van der Waals surface area (Å²) in [7, 11) is 0. The molecule has 86 valence electrons. The SMILES string of the molecule is CC1CCCN1C(=O)c1cc(F)cnc1Cl. The number of carbonyl (C=O) groups is 1. The van der Waals surface area contributed by atoms with Crippen molar-refractivity contribution in [2.75, 3.05) is 6.54 Å². The number of nitrogens with zero attached hydrogens (tertiary/aromatic N) is 2. The zero-order chi connectivity index (χ0) is 11.7. The zero-order valence-electron chi connectivity index (χ0n) is 8.91. The molecular weight excluding hydrogens is 231 g/mol. The minimum atomic E-state index is -0.542. The standard InChI is InChI=1S/C11H12ClFN2O/c1-7-3-2-4-15(7)11(16)9-5-8(13)6-14-10(9)12/h5-7H,2-4H2,1H3. The third-order valence-electron chi connectivity index (χ3n) is 2.85. The monoisotopic (exact) mass is 242 g/mol. The Morgan fingerprint density at radius 2 is 2.44 bits per heavy atom. The number of rotatable bonds is 1. The van der Waals surface area contributed by atoms with Crippen molar-refractivity contribution in [1.82, 2.24) is 9.88 Å². The Morgan fingerprint density at radius 3 is 3.06 bits per heavy atom. The van der Waals surface area contributed by atoms with Crippen LogP contribution in [0.25, 0.3) is 0 Å². The van der Waals surface area contributed by atoms with E-state index in [9.17, 15) is 9.18 Å². The third-order valence-corrected chi connectivity index (χ3v) is 3.15. The molecule has 1 fully saturated rings. The van der Waals surface area contributed by atoms with E-state index in [1.165, 1.54) is 0 Å². The summed E-state index contributed by atoms with van der Waals surface area (Å²) in [4.78, 5) is 17.4. The van der Waals surface area contributed by atoms with Gasteiger partial charge in [-0.3, -0.25) is 4.79 Å². The summed E-state index contributed by atoms with van der Waals surface area (Å²) < 4.78 is 13.0. The molecule has 1 unspecified atom stereocenters. The first-order chi connectivity index (χ1) is 7.59. The lowest BCUT2D eigenvalue weighted by Crippen LogP contribution is -2.33. The first-order valence-electron chi connectivity index (χ1n) is 5.21. The van der Waals surface area contributed by atoms with Crippen molar-refractivity contribution in [1.29, 1.82) is 0 Å². The van der Waals surface area contributed by atoms with E-state index in [1.807, 2.05) is 6.92 Å². The Morgan fingerprint density at radius 1 is 1.69 bits per heavy atom. The molecule has 0 aliphatic carbocycles. The fraction of sp³-hybridized carbons (Fsp3) is 0.455. The third kappa shape index (κ3) is 2.02. The summed E-state index contributed by atoms with van der Waals surface area (Å²) in [5.74, 6) is -0.776. The Balaban J connectivity index is 2.29. The van der Waals surface area contributed by atoms with Gasteiger partial charge in [-0.1, -0.05) is 11.6 Å². The first kappa shape index (κ1) is 11.3. The lowest BCUT2D eigenvalue weighted by atomic mass is 10.2. The van der Waals surface area contributed by atoms with Crippen molar-refractivity contribution < 1.29 is 9.18 Å². The van der Waals surface area contributed by atoms with Gasteiger partial charge >= 0.3 is 0 Å². The molecule has 0 radical (unpaired) electrons. The van der Waals surface area contributed by atoms with Gasteiger partial charge in [-0.15, -0.1) is 0 Å². The second-order valence-corrected chi connectivity index (χ2v) is 4.34. The van der Waals surface area contributed by atoms with Crippen molar-refractivity contribution in [3.63, 3.8) is 0 Å². The fourth-order valence-electron chi connectivity index (χ4n) is 1.96. The van der Waals surface area contributed by atoms with Crippen LogP contribution in [0.5, 0.6) is 0 Å². The number of hydrogen-bond acceptors (Lipinski definition) is 2. The van der Waals surface area contributed by atoms with Crippen LogP contribution < -0.4 is 0 Å². The number of carbonyl (C=O) groups excluding carboxylic acids is 1. The number of likely N-dealkylation sites (tertiary alicyclic amines) is 1. The van der Waals surface area contributed by atoms with E-state index in [1.54, 1.807) is 4.90 Å². The van der Waals surface area contributed by atoms with Gasteiger partial charge in [-0.05, 0) is 25.8 Å². The van der Waals surface area contributed by atoms with Gasteiger partial charge in [0.05, 0.1) is 11.8 Å². The molecule has 0 bridgehead atoms. The normalized spacial score (nSPS) is 20.2. The number of halogens is 2. The summed E-state index contributed by atoms with van der Waals surface area (Å²) in [6.45, 7) is 2.68. The van der Waals surface area contributed by atoms with Crippen LogP contribution in [0.3, 0.4) is 0 Å². The molecule has 1 aromatic heterocycles. The second-order valence-electron chi connectivity index (χ2n) is 3.98. The molecule has 0 N–H and O–H groups in total. The van der Waals surface area contributed by atoms with Crippen molar-refractivity contribution in [2.24, 2.45) is 0 Å². The highest BCUT2D eigenvalue weighted by Gasteiger charge is 2.27. The van der Waals surface area contributed by atoms with Crippen LogP contribution in [0.4, 0.5) is 4.39 Å². The molecule has 0 spiro atoms. The maximum Gasteiger partial charge on any atom is 0.257 e. The molecule has 3 nitrogen and oxygen atoms in total. The maximum atomic E-state index is 13.0. The summed E-state index contributed by atoms with van der Waals surface area (Å²) >= 11 is 5.79. The highest BCUT2D eigenvalue weighted by Crippen LogP contribution is 2.22. The Bertz CT molecular complexity index is 424. The molecule has 5 heteroatoms. The minimum absolute atomic E-state index is 0.0606. The lowest BCUT2D eigenvalue weighted by molar-refractivity contribution is 0.0746. The molecule has 0 saturated carbocycles. The molecule has 1 aliphatic rings. The van der Waals surface area contributed by atoms with Gasteiger partial charge < -0.3 is 4.90 Å². The van der Waals surface area contributed by atoms with E-state index < -0.39 is 5.82 Å². The number of hydrogen-bond donors (Lipinski definition) is 0. The summed E-state index contributed by atoms with van der Waals surface area (Å²) in [5.41, 5.74) is 0.149. The number of pyridine rings is 1. The van der Waals surface area contributed by atoms with Crippen LogP contribution in [0.2, 0.25) is 5.15 Å². The zero-order valence-corrected chi connectivity index (χ0v) is 9.67. The van der Waals surface area contributed by atoms with Gasteiger partial charge in [-0.2, -0.15) is 0 Å². The fourth-order valence-corrected chi connectivity index (χ4v) is 2.15. The highest BCUT2D eigenvalue weighted by atomic mass is 35.5. The molecular formula is C11H12ClFN2O. The summed E-state index contributed by atoms with van der Waals surface area (Å²) in [6, 6.07) is 1.33. The van der Waals surface area contributed by atoms with Crippen molar-refractivity contribution in [2.45, 2.75) is 25.8 Å². The molecule has 0 aromatic carbocycles. The molecule has 2 heterocycles. The van der Waals surface area contributed by atoms with E-state index in [2.05, 4.69) is 4.98 Å². The Hall–Kier alpha value is -1.16. The van der Waals surface area contributed by atoms with Crippen LogP contribution >= 0.6 is 11.6 Å². The van der Waals surface area contributed by atoms with E-state index in [-0.39, 0.29) is 22.7 Å². The number of aromatic nitrogens is 1. The van der Waals surface area contributed by atoms with Crippen LogP contribution in [0.1, 0.15) is 30.1 Å². The average Bonchev–Trinajstić information content (AvgIpc) is 2.67. The van der Waals surface area contributed by atoms with Gasteiger partial charge in [0.1, 0.15) is 11.0 Å². The average molecular weight is 243 g/mol. The summed E-state index contributed by atoms with van der Waals surface area (Å²) in [5, 5.41) is 0.0606. The predicted octanol–water partition coefficient (Wildman–Crippen LogP) is 2.50. The van der Waals surface area contributed by atoms with Crippen LogP contribution in [-0.4, -0.2) is 28.4 Å². The van der Waals surface area contributed by atoms with Gasteiger partial charge in [-0.25, -0.2) is 9.37 Å². The van der Waals surface area contributed by atoms with Gasteiger partial charge in [0, 0.05) is 12.6 Å². The lowest BCUT2D eigenvalue weighted by Gasteiger charge is -2.21. The topological polar surface area (TPSA) is 33.2 Å². The predicted molar refractivity (Wildman–Crippen MR) is 58.9 cm³/mol. The quantitative estimate of drug-likeness (QED) is 0.709. The second kappa shape index (κ2) is 4.37. The first-order valence-corrected chi connectivity index (χ1v) is 5.59.